The van der Waals surface area contributed by atoms with Crippen molar-refractivity contribution in [1.29, 1.82) is 0 Å². The summed E-state index contributed by atoms with van der Waals surface area (Å²) in [6.07, 6.45) is 0. The summed E-state index contributed by atoms with van der Waals surface area (Å²) in [5.74, 6) is 0.386. The first kappa shape index (κ1) is 15.4. The maximum absolute atomic E-state index is 12.1. The Bertz CT molecular complexity index is 664. The van der Waals surface area contributed by atoms with Gasteiger partial charge in [-0.2, -0.15) is 0 Å². The van der Waals surface area contributed by atoms with Crippen LogP contribution in [0.15, 0.2) is 48.5 Å². The molecule has 5 heteroatoms. The van der Waals surface area contributed by atoms with Crippen molar-refractivity contribution >= 4 is 11.5 Å². The molecule has 1 heterocycles. The van der Waals surface area contributed by atoms with Crippen molar-refractivity contribution in [2.75, 3.05) is 37.7 Å². The van der Waals surface area contributed by atoms with Crippen LogP contribution in [-0.4, -0.2) is 43.7 Å². The molecular weight excluding hydrogens is 292 g/mol. The van der Waals surface area contributed by atoms with Crippen molar-refractivity contribution in [1.82, 2.24) is 5.32 Å². The first-order chi connectivity index (χ1) is 11.2. The van der Waals surface area contributed by atoms with Gasteiger partial charge in [0, 0.05) is 31.9 Å². The zero-order chi connectivity index (χ0) is 16.1. The van der Waals surface area contributed by atoms with Crippen LogP contribution in [0.1, 0.15) is 10.4 Å². The van der Waals surface area contributed by atoms with Gasteiger partial charge in [0.15, 0.2) is 6.61 Å². The Kier molecular flexibility index (Phi) is 4.78. The highest BCUT2D eigenvalue weighted by Gasteiger charge is 2.12. The smallest absolute Gasteiger partial charge is 0.203 e. The van der Waals surface area contributed by atoms with E-state index in [2.05, 4.69) is 10.2 Å². The lowest BCUT2D eigenvalue weighted by molar-refractivity contribution is 0.0919. The van der Waals surface area contributed by atoms with Gasteiger partial charge in [-0.15, -0.1) is 0 Å². The molecule has 0 saturated carbocycles. The minimum absolute atomic E-state index is 0.0184. The second-order valence-electron chi connectivity index (χ2n) is 5.46. The molecule has 1 saturated heterocycles. The summed E-state index contributed by atoms with van der Waals surface area (Å²) in [5, 5.41) is 13.0. The quantitative estimate of drug-likeness (QED) is 0.828. The number of hydrogen-bond donors (Lipinski definition) is 2. The van der Waals surface area contributed by atoms with E-state index in [0.717, 1.165) is 31.9 Å². The molecule has 1 aliphatic heterocycles. The number of nitrogens with one attached hydrogen (secondary N) is 1. The monoisotopic (exact) mass is 312 g/mol. The van der Waals surface area contributed by atoms with Crippen LogP contribution in [0.5, 0.6) is 11.5 Å². The largest absolute Gasteiger partial charge is 0.507 e. The fraction of sp³-hybridized carbons (Fsp3) is 0.278. The average Bonchev–Trinajstić information content (AvgIpc) is 2.61. The van der Waals surface area contributed by atoms with Crippen LogP contribution in [0.25, 0.3) is 0 Å². The van der Waals surface area contributed by atoms with Crippen LogP contribution in [-0.2, 0) is 0 Å². The molecule has 2 aromatic rings. The van der Waals surface area contributed by atoms with Crippen LogP contribution < -0.4 is 15.0 Å². The summed E-state index contributed by atoms with van der Waals surface area (Å²) >= 11 is 0. The molecule has 23 heavy (non-hydrogen) atoms. The van der Waals surface area contributed by atoms with E-state index in [4.69, 9.17) is 4.74 Å². The number of ether oxygens (including phenoxy) is 1. The first-order valence-corrected chi connectivity index (χ1v) is 7.74. The molecule has 120 valence electrons. The number of rotatable bonds is 5. The van der Waals surface area contributed by atoms with E-state index in [1.54, 1.807) is 18.2 Å². The van der Waals surface area contributed by atoms with Gasteiger partial charge in [0.25, 0.3) is 0 Å². The van der Waals surface area contributed by atoms with Gasteiger partial charge in [-0.3, -0.25) is 4.79 Å². The van der Waals surface area contributed by atoms with Gasteiger partial charge >= 0.3 is 0 Å². The predicted octanol–water partition coefficient (Wildman–Crippen LogP) is 2.06. The summed E-state index contributed by atoms with van der Waals surface area (Å²) < 4.78 is 5.53. The fourth-order valence-corrected chi connectivity index (χ4v) is 2.61. The molecule has 2 aromatic carbocycles. The number of anilines is 1. The number of benzene rings is 2. The molecule has 2 N–H and O–H groups in total. The van der Waals surface area contributed by atoms with E-state index in [9.17, 15) is 9.90 Å². The second kappa shape index (κ2) is 7.15. The number of hydrogen-bond acceptors (Lipinski definition) is 5. The zero-order valence-electron chi connectivity index (χ0n) is 12.9. The SMILES string of the molecule is O=C(COc1ccc(N2CCNCC2)cc1)c1ccccc1O. The number of carbonyl (C=O) groups is 1. The molecule has 0 unspecified atom stereocenters. The molecular formula is C18H20N2O3. The Labute approximate surface area is 135 Å². The third-order valence-electron chi connectivity index (χ3n) is 3.89. The number of aromatic hydroxyl groups is 1. The Morgan fingerprint density at radius 1 is 1.09 bits per heavy atom. The number of piperazine rings is 1. The van der Waals surface area contributed by atoms with Gasteiger partial charge in [0.05, 0.1) is 5.56 Å². The molecule has 5 nitrogen and oxygen atoms in total. The number of phenols is 1. The van der Waals surface area contributed by atoms with Crippen molar-refractivity contribution in [2.45, 2.75) is 0 Å². The summed E-state index contributed by atoms with van der Waals surface area (Å²) in [7, 11) is 0. The molecule has 0 radical (unpaired) electrons. The summed E-state index contributed by atoms with van der Waals surface area (Å²) in [6, 6.07) is 14.2. The van der Waals surface area contributed by atoms with E-state index in [0.29, 0.717) is 5.75 Å². The van der Waals surface area contributed by atoms with Crippen LogP contribution in [0.3, 0.4) is 0 Å². The summed E-state index contributed by atoms with van der Waals surface area (Å²) in [6.45, 7) is 3.88. The van der Waals surface area contributed by atoms with Crippen molar-refractivity contribution in [2.24, 2.45) is 0 Å². The number of nitrogens with zero attached hydrogens (tertiary/aromatic N) is 1. The van der Waals surface area contributed by atoms with Crippen molar-refractivity contribution in [3.05, 3.63) is 54.1 Å². The third-order valence-corrected chi connectivity index (χ3v) is 3.89. The van der Waals surface area contributed by atoms with E-state index in [-0.39, 0.29) is 23.7 Å². The van der Waals surface area contributed by atoms with E-state index in [1.807, 2.05) is 24.3 Å². The topological polar surface area (TPSA) is 61.8 Å². The van der Waals surface area contributed by atoms with Crippen molar-refractivity contribution < 1.29 is 14.6 Å². The van der Waals surface area contributed by atoms with Gasteiger partial charge in [-0.25, -0.2) is 0 Å². The maximum atomic E-state index is 12.1. The maximum Gasteiger partial charge on any atom is 0.203 e. The number of ketones is 1. The first-order valence-electron chi connectivity index (χ1n) is 7.74. The zero-order valence-corrected chi connectivity index (χ0v) is 12.9. The Morgan fingerprint density at radius 3 is 2.48 bits per heavy atom. The second-order valence-corrected chi connectivity index (χ2v) is 5.46. The Balaban J connectivity index is 1.58. The number of para-hydroxylation sites is 1. The Morgan fingerprint density at radius 2 is 1.78 bits per heavy atom. The number of carbonyl (C=O) groups excluding carboxylic acids is 1. The van der Waals surface area contributed by atoms with Gasteiger partial charge in [-0.1, -0.05) is 12.1 Å². The molecule has 1 aliphatic rings. The normalized spacial score (nSPS) is 14.5. The molecule has 0 spiro atoms. The van der Waals surface area contributed by atoms with Gasteiger partial charge in [0.2, 0.25) is 5.78 Å². The molecule has 0 aliphatic carbocycles. The third kappa shape index (κ3) is 3.81. The highest BCUT2D eigenvalue weighted by atomic mass is 16.5. The van der Waals surface area contributed by atoms with Crippen LogP contribution in [0.2, 0.25) is 0 Å². The lowest BCUT2D eigenvalue weighted by Crippen LogP contribution is -2.43. The van der Waals surface area contributed by atoms with Crippen LogP contribution in [0.4, 0.5) is 5.69 Å². The van der Waals surface area contributed by atoms with Crippen molar-refractivity contribution in [3.8, 4) is 11.5 Å². The molecule has 3 rings (SSSR count). The predicted molar refractivity (Wildman–Crippen MR) is 89.5 cm³/mol. The van der Waals surface area contributed by atoms with E-state index in [1.165, 1.54) is 6.07 Å². The minimum Gasteiger partial charge on any atom is -0.507 e. The highest BCUT2D eigenvalue weighted by Crippen LogP contribution is 2.21. The summed E-state index contributed by atoms with van der Waals surface area (Å²) in [4.78, 5) is 14.4. The summed E-state index contributed by atoms with van der Waals surface area (Å²) in [5.41, 5.74) is 1.44. The van der Waals surface area contributed by atoms with Crippen LogP contribution >= 0.6 is 0 Å². The van der Waals surface area contributed by atoms with Gasteiger partial charge in [-0.05, 0) is 36.4 Å². The lowest BCUT2D eigenvalue weighted by Gasteiger charge is -2.29. The van der Waals surface area contributed by atoms with Crippen molar-refractivity contribution in [3.63, 3.8) is 0 Å². The van der Waals surface area contributed by atoms with Gasteiger partial charge in [0.1, 0.15) is 11.5 Å². The number of Topliss-reactive ketones (excluding diaryl/α,β-unsaturated/α-hetero) is 1. The molecule has 0 atom stereocenters. The fourth-order valence-electron chi connectivity index (χ4n) is 2.61. The molecule has 0 amide bonds. The molecule has 0 aromatic heterocycles. The standard InChI is InChI=1S/C18H20N2O3/c21-17-4-2-1-3-16(17)18(22)13-23-15-7-5-14(6-8-15)20-11-9-19-10-12-20/h1-8,19,21H,9-13H2. The van der Waals surface area contributed by atoms with E-state index < -0.39 is 0 Å². The average molecular weight is 312 g/mol. The van der Waals surface area contributed by atoms with E-state index >= 15 is 0 Å². The van der Waals surface area contributed by atoms with Gasteiger partial charge < -0.3 is 20.1 Å². The molecule has 1 fully saturated rings. The number of phenolic OH excluding ortho intramolecular Hbond substituents is 1. The minimum atomic E-state index is -0.241. The lowest BCUT2D eigenvalue weighted by atomic mass is 10.1. The van der Waals surface area contributed by atoms with Crippen LogP contribution in [0, 0.1) is 0 Å². The highest BCUT2D eigenvalue weighted by molar-refractivity contribution is 5.99. The Hall–Kier alpha value is -2.53. The molecule has 0 bridgehead atoms.